The van der Waals surface area contributed by atoms with E-state index in [1.54, 1.807) is 0 Å². The van der Waals surface area contributed by atoms with Gasteiger partial charge in [0.2, 0.25) is 0 Å². The van der Waals surface area contributed by atoms with Crippen molar-refractivity contribution < 1.29 is 4.79 Å². The van der Waals surface area contributed by atoms with E-state index in [2.05, 4.69) is 16.5 Å². The molecular formula is C11H16N4O3. The molecule has 0 aliphatic rings. The zero-order valence-electron chi connectivity index (χ0n) is 9.94. The van der Waals surface area contributed by atoms with Gasteiger partial charge in [0.1, 0.15) is 5.69 Å². The molecule has 1 aromatic heterocycles. The molecule has 0 aromatic carbocycles. The minimum absolute atomic E-state index is 0.0940. The van der Waals surface area contributed by atoms with E-state index in [0.717, 1.165) is 12.5 Å². The van der Waals surface area contributed by atoms with Crippen LogP contribution in [0, 0.1) is 0 Å². The molecule has 18 heavy (non-hydrogen) atoms. The molecule has 1 rings (SSSR count). The Morgan fingerprint density at radius 2 is 2.17 bits per heavy atom. The summed E-state index contributed by atoms with van der Waals surface area (Å²) in [6.45, 7) is 4.24. The van der Waals surface area contributed by atoms with Gasteiger partial charge in [0.25, 0.3) is 11.5 Å². The van der Waals surface area contributed by atoms with Gasteiger partial charge in [-0.05, 0) is 25.5 Å². The second-order valence-electron chi connectivity index (χ2n) is 3.65. The Bertz CT molecular complexity index is 532. The summed E-state index contributed by atoms with van der Waals surface area (Å²) in [6.07, 6.45) is 3.73. The van der Waals surface area contributed by atoms with Gasteiger partial charge in [-0.2, -0.15) is 0 Å². The van der Waals surface area contributed by atoms with Crippen molar-refractivity contribution in [3.8, 4) is 0 Å². The topological polar surface area (TPSA) is 112 Å². The summed E-state index contributed by atoms with van der Waals surface area (Å²) in [5.74, 6) is -0.399. The fourth-order valence-corrected chi connectivity index (χ4v) is 1.48. The van der Waals surface area contributed by atoms with Gasteiger partial charge in [-0.25, -0.2) is 4.79 Å². The Hall–Kier alpha value is -2.15. The number of hydrogen-bond acceptors (Lipinski definition) is 4. The Labute approximate surface area is 103 Å². The fraction of sp³-hybridized carbons (Fsp3) is 0.364. The molecule has 0 fully saturated rings. The molecule has 98 valence electrons. The first-order valence-corrected chi connectivity index (χ1v) is 5.56. The number of nitrogens with two attached hydrogens (primary N) is 1. The summed E-state index contributed by atoms with van der Waals surface area (Å²) >= 11 is 0. The molecule has 1 aromatic rings. The molecule has 1 amide bonds. The SMILES string of the molecule is C=CC(=O)N(CCCCN)c1c[nH]c(=O)[nH]c1=O. The van der Waals surface area contributed by atoms with E-state index in [1.165, 1.54) is 11.1 Å². The lowest BCUT2D eigenvalue weighted by atomic mass is 10.2. The first kappa shape index (κ1) is 13.9. The van der Waals surface area contributed by atoms with Crippen molar-refractivity contribution in [2.75, 3.05) is 18.0 Å². The summed E-state index contributed by atoms with van der Waals surface area (Å²) in [5, 5.41) is 0. The van der Waals surface area contributed by atoms with Crippen molar-refractivity contribution in [1.29, 1.82) is 0 Å². The van der Waals surface area contributed by atoms with E-state index in [9.17, 15) is 14.4 Å². The number of H-pyrrole nitrogens is 2. The first-order valence-electron chi connectivity index (χ1n) is 5.56. The fourth-order valence-electron chi connectivity index (χ4n) is 1.48. The van der Waals surface area contributed by atoms with Crippen molar-refractivity contribution in [2.24, 2.45) is 5.73 Å². The van der Waals surface area contributed by atoms with E-state index in [-0.39, 0.29) is 5.69 Å². The van der Waals surface area contributed by atoms with E-state index < -0.39 is 17.2 Å². The molecule has 0 bridgehead atoms. The van der Waals surface area contributed by atoms with Crippen molar-refractivity contribution >= 4 is 11.6 Å². The minimum Gasteiger partial charge on any atom is -0.330 e. The van der Waals surface area contributed by atoms with E-state index in [4.69, 9.17) is 5.73 Å². The summed E-state index contributed by atoms with van der Waals surface area (Å²) in [6, 6.07) is 0. The molecule has 7 nitrogen and oxygen atoms in total. The van der Waals surface area contributed by atoms with Crippen LogP contribution in [0.1, 0.15) is 12.8 Å². The summed E-state index contributed by atoms with van der Waals surface area (Å²) in [5.41, 5.74) is 4.24. The molecule has 0 saturated heterocycles. The third-order valence-electron chi connectivity index (χ3n) is 2.37. The number of anilines is 1. The largest absolute Gasteiger partial charge is 0.330 e. The highest BCUT2D eigenvalue weighted by atomic mass is 16.2. The lowest BCUT2D eigenvalue weighted by molar-refractivity contribution is -0.114. The number of carbonyl (C=O) groups is 1. The van der Waals surface area contributed by atoms with Crippen LogP contribution in [0.3, 0.4) is 0 Å². The van der Waals surface area contributed by atoms with Crippen molar-refractivity contribution in [3.05, 3.63) is 39.7 Å². The Balaban J connectivity index is 3.01. The Kier molecular flexibility index (Phi) is 5.06. The normalized spacial score (nSPS) is 10.1. The standard InChI is InChI=1S/C11H16N4O3/c1-2-9(16)15(6-4-3-5-12)8-7-13-11(18)14-10(8)17/h2,7H,1,3-6,12H2,(H2,13,14,17,18). The zero-order chi connectivity index (χ0) is 13.5. The van der Waals surface area contributed by atoms with Gasteiger partial charge in [0.05, 0.1) is 0 Å². The van der Waals surface area contributed by atoms with Gasteiger partial charge in [-0.3, -0.25) is 14.6 Å². The number of aromatic nitrogens is 2. The number of unbranched alkanes of at least 4 members (excludes halogenated alkanes) is 1. The number of rotatable bonds is 6. The number of aromatic amines is 2. The van der Waals surface area contributed by atoms with Crippen LogP contribution in [-0.2, 0) is 4.79 Å². The zero-order valence-corrected chi connectivity index (χ0v) is 9.94. The molecule has 7 heteroatoms. The van der Waals surface area contributed by atoms with Gasteiger partial charge in [-0.1, -0.05) is 6.58 Å². The third kappa shape index (κ3) is 3.42. The highest BCUT2D eigenvalue weighted by Crippen LogP contribution is 2.07. The van der Waals surface area contributed by atoms with Gasteiger partial charge >= 0.3 is 5.69 Å². The molecule has 1 heterocycles. The molecule has 0 aliphatic carbocycles. The van der Waals surface area contributed by atoms with Crippen molar-refractivity contribution in [3.63, 3.8) is 0 Å². The van der Waals surface area contributed by atoms with Crippen LogP contribution in [0.5, 0.6) is 0 Å². The van der Waals surface area contributed by atoms with Crippen LogP contribution in [0.2, 0.25) is 0 Å². The summed E-state index contributed by atoms with van der Waals surface area (Å²) in [4.78, 5) is 39.9. The summed E-state index contributed by atoms with van der Waals surface area (Å²) in [7, 11) is 0. The van der Waals surface area contributed by atoms with Gasteiger partial charge in [-0.15, -0.1) is 0 Å². The van der Waals surface area contributed by atoms with Crippen molar-refractivity contribution in [1.82, 2.24) is 9.97 Å². The molecule has 0 unspecified atom stereocenters. The smallest absolute Gasteiger partial charge is 0.325 e. The number of hydrogen-bond donors (Lipinski definition) is 3. The van der Waals surface area contributed by atoms with Crippen LogP contribution in [-0.4, -0.2) is 29.0 Å². The quantitative estimate of drug-likeness (QED) is 0.460. The Morgan fingerprint density at radius 3 is 2.72 bits per heavy atom. The van der Waals surface area contributed by atoms with Crippen LogP contribution < -0.4 is 21.9 Å². The maximum atomic E-state index is 11.7. The minimum atomic E-state index is -0.614. The summed E-state index contributed by atoms with van der Waals surface area (Å²) < 4.78 is 0. The van der Waals surface area contributed by atoms with Gasteiger partial charge < -0.3 is 15.6 Å². The molecule has 0 aliphatic heterocycles. The predicted octanol–water partition coefficient (Wildman–Crippen LogP) is -0.679. The monoisotopic (exact) mass is 252 g/mol. The van der Waals surface area contributed by atoms with Gasteiger partial charge in [0, 0.05) is 12.7 Å². The highest BCUT2D eigenvalue weighted by molar-refractivity contribution is 6.00. The average Bonchev–Trinajstić information content (AvgIpc) is 2.35. The van der Waals surface area contributed by atoms with E-state index >= 15 is 0 Å². The van der Waals surface area contributed by atoms with Crippen molar-refractivity contribution in [2.45, 2.75) is 12.8 Å². The molecule has 4 N–H and O–H groups in total. The maximum absolute atomic E-state index is 11.7. The van der Waals surface area contributed by atoms with E-state index in [0.29, 0.717) is 19.5 Å². The first-order chi connectivity index (χ1) is 8.60. The molecule has 0 saturated carbocycles. The second kappa shape index (κ2) is 6.55. The Morgan fingerprint density at radius 1 is 1.44 bits per heavy atom. The van der Waals surface area contributed by atoms with Gasteiger partial charge in [0.15, 0.2) is 0 Å². The van der Waals surface area contributed by atoms with E-state index in [1.807, 2.05) is 0 Å². The molecular weight excluding hydrogens is 236 g/mol. The lowest BCUT2D eigenvalue weighted by Gasteiger charge is -2.19. The number of nitrogens with zero attached hydrogens (tertiary/aromatic N) is 1. The van der Waals surface area contributed by atoms with Crippen LogP contribution in [0.25, 0.3) is 0 Å². The molecule has 0 atom stereocenters. The number of amides is 1. The highest BCUT2D eigenvalue weighted by Gasteiger charge is 2.15. The number of carbonyl (C=O) groups excluding carboxylic acids is 1. The molecule has 0 radical (unpaired) electrons. The van der Waals surface area contributed by atoms with Crippen LogP contribution in [0.15, 0.2) is 28.4 Å². The second-order valence-corrected chi connectivity index (χ2v) is 3.65. The maximum Gasteiger partial charge on any atom is 0.325 e. The molecule has 0 spiro atoms. The number of nitrogens with one attached hydrogen (secondary N) is 2. The average molecular weight is 252 g/mol. The third-order valence-corrected chi connectivity index (χ3v) is 2.37. The van der Waals surface area contributed by atoms with Crippen LogP contribution in [0.4, 0.5) is 5.69 Å². The lowest BCUT2D eigenvalue weighted by Crippen LogP contribution is -2.37. The van der Waals surface area contributed by atoms with Crippen LogP contribution >= 0.6 is 0 Å². The predicted molar refractivity (Wildman–Crippen MR) is 68.5 cm³/mol.